The van der Waals surface area contributed by atoms with Gasteiger partial charge in [-0.15, -0.1) is 0 Å². The highest BCUT2D eigenvalue weighted by molar-refractivity contribution is 5.97. The molecular formula is C21H24N2O5. The van der Waals surface area contributed by atoms with Gasteiger partial charge in [-0.05, 0) is 25.0 Å². The number of esters is 1. The van der Waals surface area contributed by atoms with Crippen molar-refractivity contribution in [3.63, 3.8) is 0 Å². The molecule has 7 nitrogen and oxygen atoms in total. The fourth-order valence-corrected chi connectivity index (χ4v) is 2.59. The van der Waals surface area contributed by atoms with Crippen molar-refractivity contribution in [1.29, 1.82) is 0 Å². The Morgan fingerprint density at radius 1 is 1.21 bits per heavy atom. The summed E-state index contributed by atoms with van der Waals surface area (Å²) in [6.07, 6.45) is 1.57. The monoisotopic (exact) mass is 384 g/mol. The van der Waals surface area contributed by atoms with E-state index in [2.05, 4.69) is 16.9 Å². The second-order valence-corrected chi connectivity index (χ2v) is 5.86. The van der Waals surface area contributed by atoms with Crippen LogP contribution in [-0.4, -0.2) is 43.9 Å². The standard InChI is InChI=1S/C21H24N2O5/c1-5-27-18(24)12-23-21(25)19-20(28-13-26-4)15(3)17(11-22-19)14(2)16-9-7-6-8-10-16/h6-11H,2,5,12-13H2,1,3-4H3,(H,23,25). The molecular weight excluding hydrogens is 360 g/mol. The number of hydrogen-bond donors (Lipinski definition) is 1. The number of rotatable bonds is 9. The van der Waals surface area contributed by atoms with E-state index in [9.17, 15) is 9.59 Å². The summed E-state index contributed by atoms with van der Waals surface area (Å²) in [7, 11) is 1.48. The maximum Gasteiger partial charge on any atom is 0.325 e. The van der Waals surface area contributed by atoms with Crippen LogP contribution in [0.3, 0.4) is 0 Å². The first-order valence-corrected chi connectivity index (χ1v) is 8.79. The second kappa shape index (κ2) is 10.2. The third-order valence-corrected chi connectivity index (χ3v) is 3.96. The van der Waals surface area contributed by atoms with Gasteiger partial charge in [0.05, 0.1) is 6.61 Å². The van der Waals surface area contributed by atoms with Gasteiger partial charge >= 0.3 is 5.97 Å². The number of methoxy groups -OCH3 is 1. The summed E-state index contributed by atoms with van der Waals surface area (Å²) in [5.74, 6) is -0.794. The zero-order valence-electron chi connectivity index (χ0n) is 16.3. The Morgan fingerprint density at radius 2 is 1.93 bits per heavy atom. The first-order valence-electron chi connectivity index (χ1n) is 8.79. The van der Waals surface area contributed by atoms with Gasteiger partial charge in [-0.25, -0.2) is 4.98 Å². The maximum atomic E-state index is 12.5. The molecule has 2 rings (SSSR count). The van der Waals surface area contributed by atoms with E-state index in [1.54, 1.807) is 13.1 Å². The highest BCUT2D eigenvalue weighted by atomic mass is 16.7. The number of amides is 1. The number of hydrogen-bond acceptors (Lipinski definition) is 6. The van der Waals surface area contributed by atoms with E-state index >= 15 is 0 Å². The molecule has 1 heterocycles. The molecule has 1 aromatic heterocycles. The lowest BCUT2D eigenvalue weighted by Gasteiger charge is -2.17. The van der Waals surface area contributed by atoms with Gasteiger partial charge in [0.2, 0.25) is 0 Å². The van der Waals surface area contributed by atoms with Crippen LogP contribution in [0.4, 0.5) is 0 Å². The highest BCUT2D eigenvalue weighted by Crippen LogP contribution is 2.31. The molecule has 1 N–H and O–H groups in total. The van der Waals surface area contributed by atoms with Crippen LogP contribution in [0.2, 0.25) is 0 Å². The zero-order chi connectivity index (χ0) is 20.5. The molecule has 148 valence electrons. The van der Waals surface area contributed by atoms with Crippen LogP contribution < -0.4 is 10.1 Å². The lowest BCUT2D eigenvalue weighted by atomic mass is 9.96. The van der Waals surface area contributed by atoms with Crippen molar-refractivity contribution in [2.75, 3.05) is 27.1 Å². The predicted octanol–water partition coefficient (Wildman–Crippen LogP) is 2.73. The Labute approximate surface area is 164 Å². The van der Waals surface area contributed by atoms with E-state index in [0.717, 1.165) is 16.7 Å². The number of carbonyl (C=O) groups excluding carboxylic acids is 2. The smallest absolute Gasteiger partial charge is 0.325 e. The minimum Gasteiger partial charge on any atom is -0.465 e. The van der Waals surface area contributed by atoms with Crippen molar-refractivity contribution < 1.29 is 23.8 Å². The lowest BCUT2D eigenvalue weighted by Crippen LogP contribution is -2.31. The topological polar surface area (TPSA) is 86.8 Å². The molecule has 0 saturated carbocycles. The van der Waals surface area contributed by atoms with Crippen LogP contribution >= 0.6 is 0 Å². The maximum absolute atomic E-state index is 12.5. The Morgan fingerprint density at radius 3 is 2.57 bits per heavy atom. The summed E-state index contributed by atoms with van der Waals surface area (Å²) in [6, 6.07) is 9.65. The number of carbonyl (C=O) groups is 2. The van der Waals surface area contributed by atoms with Crippen molar-refractivity contribution in [3.05, 3.63) is 65.5 Å². The molecule has 0 aliphatic rings. The minimum absolute atomic E-state index is 0.0536. The van der Waals surface area contributed by atoms with E-state index in [1.165, 1.54) is 7.11 Å². The number of nitrogens with zero attached hydrogens (tertiary/aromatic N) is 1. The molecule has 2 aromatic rings. The molecule has 0 unspecified atom stereocenters. The van der Waals surface area contributed by atoms with E-state index in [4.69, 9.17) is 14.2 Å². The van der Waals surface area contributed by atoms with E-state index in [0.29, 0.717) is 5.56 Å². The van der Waals surface area contributed by atoms with Crippen molar-refractivity contribution in [2.24, 2.45) is 0 Å². The molecule has 0 bridgehead atoms. The largest absolute Gasteiger partial charge is 0.465 e. The molecule has 0 fully saturated rings. The van der Waals surface area contributed by atoms with E-state index < -0.39 is 11.9 Å². The van der Waals surface area contributed by atoms with Crippen LogP contribution in [0.5, 0.6) is 5.75 Å². The zero-order valence-corrected chi connectivity index (χ0v) is 16.3. The molecule has 0 radical (unpaired) electrons. The molecule has 0 atom stereocenters. The molecule has 0 saturated heterocycles. The average Bonchev–Trinajstić information content (AvgIpc) is 2.71. The molecule has 7 heteroatoms. The lowest BCUT2D eigenvalue weighted by molar-refractivity contribution is -0.141. The van der Waals surface area contributed by atoms with Gasteiger partial charge in [0.1, 0.15) is 6.54 Å². The van der Waals surface area contributed by atoms with Crippen molar-refractivity contribution in [2.45, 2.75) is 13.8 Å². The normalized spacial score (nSPS) is 10.2. The summed E-state index contributed by atoms with van der Waals surface area (Å²) in [4.78, 5) is 28.3. The van der Waals surface area contributed by atoms with Crippen LogP contribution in [-0.2, 0) is 14.3 Å². The van der Waals surface area contributed by atoms with Gasteiger partial charge in [0.15, 0.2) is 18.2 Å². The first-order chi connectivity index (χ1) is 13.5. The van der Waals surface area contributed by atoms with Gasteiger partial charge in [-0.2, -0.15) is 0 Å². The summed E-state index contributed by atoms with van der Waals surface area (Å²) in [5, 5.41) is 2.49. The molecule has 1 amide bonds. The molecule has 0 spiro atoms. The minimum atomic E-state index is -0.542. The Bertz CT molecular complexity index is 849. The van der Waals surface area contributed by atoms with Crippen LogP contribution in [0, 0.1) is 6.92 Å². The van der Waals surface area contributed by atoms with Crippen LogP contribution in [0.1, 0.15) is 34.1 Å². The number of ether oxygens (including phenoxy) is 3. The summed E-state index contributed by atoms with van der Waals surface area (Å²) >= 11 is 0. The first kappa shape index (κ1) is 21.1. The third-order valence-electron chi connectivity index (χ3n) is 3.96. The number of nitrogens with one attached hydrogen (secondary N) is 1. The fraction of sp³-hybridized carbons (Fsp3) is 0.286. The Kier molecular flexibility index (Phi) is 7.71. The van der Waals surface area contributed by atoms with E-state index in [1.807, 2.05) is 37.3 Å². The number of pyridine rings is 1. The van der Waals surface area contributed by atoms with Gasteiger partial charge in [0, 0.05) is 24.4 Å². The number of aromatic nitrogens is 1. The van der Waals surface area contributed by atoms with Crippen molar-refractivity contribution in [1.82, 2.24) is 10.3 Å². The van der Waals surface area contributed by atoms with E-state index in [-0.39, 0.29) is 31.4 Å². The predicted molar refractivity (Wildman–Crippen MR) is 105 cm³/mol. The summed E-state index contributed by atoms with van der Waals surface area (Å²) in [5.41, 5.74) is 3.20. The van der Waals surface area contributed by atoms with Crippen molar-refractivity contribution >= 4 is 17.4 Å². The van der Waals surface area contributed by atoms with Gasteiger partial charge < -0.3 is 19.5 Å². The van der Waals surface area contributed by atoms with Gasteiger partial charge in [0.25, 0.3) is 5.91 Å². The van der Waals surface area contributed by atoms with Gasteiger partial charge in [-0.3, -0.25) is 9.59 Å². The Hall–Kier alpha value is -3.19. The SMILES string of the molecule is C=C(c1ccccc1)c1cnc(C(=O)NCC(=O)OCC)c(OCOC)c1C. The summed E-state index contributed by atoms with van der Waals surface area (Å²) < 4.78 is 15.4. The summed E-state index contributed by atoms with van der Waals surface area (Å²) in [6.45, 7) is 7.59. The number of benzene rings is 1. The van der Waals surface area contributed by atoms with Crippen LogP contribution in [0.15, 0.2) is 43.1 Å². The highest BCUT2D eigenvalue weighted by Gasteiger charge is 2.21. The quantitative estimate of drug-likeness (QED) is 0.528. The Balaban J connectivity index is 2.33. The fourth-order valence-electron chi connectivity index (χ4n) is 2.59. The molecule has 1 aromatic carbocycles. The van der Waals surface area contributed by atoms with Gasteiger partial charge in [-0.1, -0.05) is 36.9 Å². The molecule has 28 heavy (non-hydrogen) atoms. The van der Waals surface area contributed by atoms with Crippen molar-refractivity contribution in [3.8, 4) is 5.75 Å². The second-order valence-electron chi connectivity index (χ2n) is 5.86. The van der Waals surface area contributed by atoms with Crippen LogP contribution in [0.25, 0.3) is 5.57 Å². The third kappa shape index (κ3) is 5.17. The average molecular weight is 384 g/mol. The molecule has 0 aliphatic heterocycles. The molecule has 0 aliphatic carbocycles.